The van der Waals surface area contributed by atoms with Crippen LogP contribution < -0.4 is 20.7 Å². The number of anilines is 3. The van der Waals surface area contributed by atoms with Crippen LogP contribution in [0.25, 0.3) is 11.0 Å². The fraction of sp³-hybridized carbons (Fsp3) is 0.217. The third-order valence-corrected chi connectivity index (χ3v) is 7.15. The minimum Gasteiger partial charge on any atom is -0.495 e. The zero-order valence-corrected chi connectivity index (χ0v) is 20.3. The number of rotatable bonds is 9. The summed E-state index contributed by atoms with van der Waals surface area (Å²) in [6.07, 6.45) is 1.57. The average Bonchev–Trinajstić information content (AvgIpc) is 3.23. The summed E-state index contributed by atoms with van der Waals surface area (Å²) in [5.41, 5.74) is 7.39. The second-order valence-corrected chi connectivity index (χ2v) is 9.96. The molecular weight excluding hydrogens is 470 g/mol. The molecule has 0 aliphatic carbocycles. The van der Waals surface area contributed by atoms with E-state index in [4.69, 9.17) is 10.5 Å². The summed E-state index contributed by atoms with van der Waals surface area (Å²) >= 11 is 0. The predicted molar refractivity (Wildman–Crippen MR) is 133 cm³/mol. The number of primary amides is 1. The van der Waals surface area contributed by atoms with Gasteiger partial charge in [-0.15, -0.1) is 0 Å². The normalized spacial score (nSPS) is 11.4. The Morgan fingerprint density at radius 1 is 1.17 bits per heavy atom. The number of hydrogen-bond acceptors (Lipinski definition) is 9. The van der Waals surface area contributed by atoms with Gasteiger partial charge < -0.3 is 25.3 Å². The molecule has 0 saturated heterocycles. The molecule has 0 bridgehead atoms. The second kappa shape index (κ2) is 9.58. The number of methoxy groups -OCH3 is 1. The molecule has 4 rings (SSSR count). The van der Waals surface area contributed by atoms with E-state index in [1.165, 1.54) is 19.2 Å². The van der Waals surface area contributed by atoms with Crippen LogP contribution in [-0.2, 0) is 16.5 Å². The van der Waals surface area contributed by atoms with Crippen LogP contribution in [0.15, 0.2) is 59.6 Å². The van der Waals surface area contributed by atoms with E-state index < -0.39 is 15.7 Å². The minimum atomic E-state index is -3.41. The van der Waals surface area contributed by atoms with Crippen molar-refractivity contribution in [3.05, 3.63) is 60.6 Å². The molecule has 2 aromatic heterocycles. The molecule has 2 heterocycles. The Balaban J connectivity index is 1.64. The predicted octanol–water partition coefficient (Wildman–Crippen LogP) is 2.56. The fourth-order valence-electron chi connectivity index (χ4n) is 3.58. The van der Waals surface area contributed by atoms with E-state index >= 15 is 0 Å². The lowest BCUT2D eigenvalue weighted by atomic mass is 10.3. The van der Waals surface area contributed by atoms with Crippen LogP contribution in [0.2, 0.25) is 0 Å². The van der Waals surface area contributed by atoms with Crippen LogP contribution in [0.5, 0.6) is 5.75 Å². The number of hydrogen-bond donors (Lipinski definition) is 2. The summed E-state index contributed by atoms with van der Waals surface area (Å²) in [5, 5.41) is 3.04. The molecule has 0 spiro atoms. The first-order valence-electron chi connectivity index (χ1n) is 10.7. The number of nitrogens with one attached hydrogen (secondary N) is 1. The molecule has 0 atom stereocenters. The highest BCUT2D eigenvalue weighted by molar-refractivity contribution is 7.91. The Labute approximate surface area is 202 Å². The van der Waals surface area contributed by atoms with Gasteiger partial charge in [-0.1, -0.05) is 19.1 Å². The van der Waals surface area contributed by atoms with E-state index in [-0.39, 0.29) is 29.1 Å². The minimum absolute atomic E-state index is 0.0221. The number of sulfone groups is 1. The number of carbonyl (C=O) groups is 1. The summed E-state index contributed by atoms with van der Waals surface area (Å²) < 4.78 is 31.7. The standard InChI is InChI=1S/C23H25N7O4S/c1-4-35(32,33)15-9-10-19(34-3)17(13-15)27-23-25-12-11-20(28-23)29(2)14-30-18-8-6-5-7-16(18)26-22(30)21(24)31/h5-13H,4,14H2,1-3H3,(H2,24,31)(H,25,27,28). The van der Waals surface area contributed by atoms with Crippen molar-refractivity contribution in [2.24, 2.45) is 5.73 Å². The molecule has 0 fully saturated rings. The van der Waals surface area contributed by atoms with Crippen LogP contribution in [0.3, 0.4) is 0 Å². The van der Waals surface area contributed by atoms with E-state index in [1.807, 2.05) is 29.2 Å². The largest absolute Gasteiger partial charge is 0.495 e. The van der Waals surface area contributed by atoms with Gasteiger partial charge >= 0.3 is 0 Å². The van der Waals surface area contributed by atoms with Crippen LogP contribution in [-0.4, -0.2) is 53.8 Å². The maximum atomic E-state index is 12.3. The zero-order chi connectivity index (χ0) is 25.2. The topological polar surface area (TPSA) is 145 Å². The lowest BCUT2D eigenvalue weighted by molar-refractivity contribution is 0.0987. The molecule has 0 radical (unpaired) electrons. The number of ether oxygens (including phenoxy) is 1. The molecule has 182 valence electrons. The van der Waals surface area contributed by atoms with Gasteiger partial charge in [0.1, 0.15) is 11.6 Å². The number of nitrogens with zero attached hydrogens (tertiary/aromatic N) is 5. The third-order valence-electron chi connectivity index (χ3n) is 5.42. The van der Waals surface area contributed by atoms with Gasteiger partial charge in [0.25, 0.3) is 5.91 Å². The first-order chi connectivity index (χ1) is 16.7. The molecule has 0 aliphatic heterocycles. The van der Waals surface area contributed by atoms with E-state index in [1.54, 1.807) is 36.9 Å². The van der Waals surface area contributed by atoms with Gasteiger partial charge in [0.15, 0.2) is 9.84 Å². The monoisotopic (exact) mass is 495 g/mol. The number of fused-ring (bicyclic) bond motifs is 1. The zero-order valence-electron chi connectivity index (χ0n) is 19.5. The third kappa shape index (κ3) is 4.87. The van der Waals surface area contributed by atoms with E-state index in [0.717, 1.165) is 5.52 Å². The number of imidazole rings is 1. The van der Waals surface area contributed by atoms with Gasteiger partial charge in [0.2, 0.25) is 11.8 Å². The number of carbonyl (C=O) groups excluding carboxylic acids is 1. The lowest BCUT2D eigenvalue weighted by Crippen LogP contribution is -2.27. The van der Waals surface area contributed by atoms with Crippen molar-refractivity contribution in [1.29, 1.82) is 0 Å². The molecule has 0 aliphatic rings. The van der Waals surface area contributed by atoms with Gasteiger partial charge in [-0.05, 0) is 36.4 Å². The van der Waals surface area contributed by atoms with E-state index in [0.29, 0.717) is 22.8 Å². The summed E-state index contributed by atoms with van der Waals surface area (Å²) in [7, 11) is -0.111. The van der Waals surface area contributed by atoms with Gasteiger partial charge in [0.05, 0.1) is 41.1 Å². The van der Waals surface area contributed by atoms with Gasteiger partial charge in [-0.2, -0.15) is 4.98 Å². The maximum Gasteiger partial charge on any atom is 0.284 e. The first kappa shape index (κ1) is 24.0. The molecule has 4 aromatic rings. The molecule has 2 aromatic carbocycles. The van der Waals surface area contributed by atoms with Crippen molar-refractivity contribution in [1.82, 2.24) is 19.5 Å². The average molecular weight is 496 g/mol. The molecule has 3 N–H and O–H groups in total. The Hall–Kier alpha value is -4.19. The summed E-state index contributed by atoms with van der Waals surface area (Å²) in [4.78, 5) is 27.1. The summed E-state index contributed by atoms with van der Waals surface area (Å²) in [5.74, 6) is 0.721. The molecule has 1 amide bonds. The maximum absolute atomic E-state index is 12.3. The summed E-state index contributed by atoms with van der Waals surface area (Å²) in [6, 6.07) is 13.7. The number of benzene rings is 2. The fourth-order valence-corrected chi connectivity index (χ4v) is 4.48. The molecule has 35 heavy (non-hydrogen) atoms. The van der Waals surface area contributed by atoms with Crippen molar-refractivity contribution < 1.29 is 17.9 Å². The highest BCUT2D eigenvalue weighted by Gasteiger charge is 2.18. The summed E-state index contributed by atoms with van der Waals surface area (Å²) in [6.45, 7) is 1.84. The van der Waals surface area contributed by atoms with Crippen molar-refractivity contribution in [3.8, 4) is 5.75 Å². The van der Waals surface area contributed by atoms with Crippen molar-refractivity contribution in [3.63, 3.8) is 0 Å². The Kier molecular flexibility index (Phi) is 6.56. The van der Waals surface area contributed by atoms with Crippen LogP contribution in [0, 0.1) is 0 Å². The van der Waals surface area contributed by atoms with E-state index in [2.05, 4.69) is 20.3 Å². The van der Waals surface area contributed by atoms with Crippen LogP contribution >= 0.6 is 0 Å². The molecule has 0 saturated carbocycles. The van der Waals surface area contributed by atoms with Crippen LogP contribution in [0.1, 0.15) is 17.5 Å². The number of nitrogens with two attached hydrogens (primary N) is 1. The number of aromatic nitrogens is 4. The number of amides is 1. The van der Waals surface area contributed by atoms with Crippen molar-refractivity contribution in [2.45, 2.75) is 18.5 Å². The van der Waals surface area contributed by atoms with Crippen molar-refractivity contribution in [2.75, 3.05) is 30.1 Å². The number of para-hydroxylation sites is 2. The Bertz CT molecular complexity index is 1500. The SMILES string of the molecule is CCS(=O)(=O)c1ccc(OC)c(Nc2nccc(N(C)Cn3c(C(N)=O)nc4ccccc43)n2)c1. The highest BCUT2D eigenvalue weighted by Crippen LogP contribution is 2.30. The quantitative estimate of drug-likeness (QED) is 0.358. The smallest absolute Gasteiger partial charge is 0.284 e. The Morgan fingerprint density at radius 2 is 1.94 bits per heavy atom. The Morgan fingerprint density at radius 3 is 2.66 bits per heavy atom. The van der Waals surface area contributed by atoms with Gasteiger partial charge in [-0.25, -0.2) is 18.4 Å². The van der Waals surface area contributed by atoms with Gasteiger partial charge in [0, 0.05) is 13.2 Å². The van der Waals surface area contributed by atoms with Crippen molar-refractivity contribution >= 4 is 44.2 Å². The van der Waals surface area contributed by atoms with Crippen LogP contribution in [0.4, 0.5) is 17.5 Å². The second-order valence-electron chi connectivity index (χ2n) is 7.68. The molecular formula is C23H25N7O4S. The van der Waals surface area contributed by atoms with Gasteiger partial charge in [-0.3, -0.25) is 4.79 Å². The van der Waals surface area contributed by atoms with E-state index in [9.17, 15) is 13.2 Å². The highest BCUT2D eigenvalue weighted by atomic mass is 32.2. The lowest BCUT2D eigenvalue weighted by Gasteiger charge is -2.21. The molecule has 12 heteroatoms. The first-order valence-corrected chi connectivity index (χ1v) is 12.4. The molecule has 11 nitrogen and oxygen atoms in total. The molecule has 0 unspecified atom stereocenters.